The van der Waals surface area contributed by atoms with E-state index < -0.39 is 0 Å². The zero-order valence-corrected chi connectivity index (χ0v) is 8.70. The van der Waals surface area contributed by atoms with Gasteiger partial charge in [-0.3, -0.25) is 4.40 Å². The predicted octanol–water partition coefficient (Wildman–Crippen LogP) is 1.38. The van der Waals surface area contributed by atoms with E-state index in [9.17, 15) is 5.11 Å². The SMILES string of the molecule is Oc1cccc2c(Cl)nc(C3CNC3)n12. The van der Waals surface area contributed by atoms with Crippen LogP contribution < -0.4 is 5.32 Å². The van der Waals surface area contributed by atoms with Gasteiger partial charge in [-0.2, -0.15) is 0 Å². The van der Waals surface area contributed by atoms with Crippen molar-refractivity contribution in [2.45, 2.75) is 5.92 Å². The Hall–Kier alpha value is -1.26. The van der Waals surface area contributed by atoms with Crippen LogP contribution in [0.2, 0.25) is 5.15 Å². The van der Waals surface area contributed by atoms with Crippen molar-refractivity contribution >= 4 is 17.1 Å². The number of halogens is 1. The van der Waals surface area contributed by atoms with Crippen LogP contribution in [0.3, 0.4) is 0 Å². The molecule has 2 aromatic rings. The third kappa shape index (κ3) is 1.22. The third-order valence-electron chi connectivity index (χ3n) is 2.77. The number of nitrogens with one attached hydrogen (secondary N) is 1. The van der Waals surface area contributed by atoms with Gasteiger partial charge >= 0.3 is 0 Å². The Morgan fingerprint density at radius 1 is 1.47 bits per heavy atom. The highest BCUT2D eigenvalue weighted by atomic mass is 35.5. The van der Waals surface area contributed by atoms with Gasteiger partial charge < -0.3 is 10.4 Å². The van der Waals surface area contributed by atoms with Crippen LogP contribution >= 0.6 is 11.6 Å². The highest BCUT2D eigenvalue weighted by Crippen LogP contribution is 2.28. The molecule has 3 heterocycles. The van der Waals surface area contributed by atoms with Gasteiger partial charge in [0.25, 0.3) is 0 Å². The van der Waals surface area contributed by atoms with Gasteiger partial charge in [-0.15, -0.1) is 0 Å². The Balaban J connectivity index is 2.29. The molecule has 0 amide bonds. The molecule has 2 aromatic heterocycles. The number of hydrogen-bond donors (Lipinski definition) is 2. The normalized spacial score (nSPS) is 16.9. The van der Waals surface area contributed by atoms with Crippen LogP contribution in [0.15, 0.2) is 18.2 Å². The van der Waals surface area contributed by atoms with Crippen LogP contribution in [-0.4, -0.2) is 27.6 Å². The van der Waals surface area contributed by atoms with Crippen molar-refractivity contribution in [2.75, 3.05) is 13.1 Å². The van der Waals surface area contributed by atoms with E-state index in [0.717, 1.165) is 24.4 Å². The summed E-state index contributed by atoms with van der Waals surface area (Å²) in [5, 5.41) is 13.4. The van der Waals surface area contributed by atoms with Crippen LogP contribution in [0.25, 0.3) is 5.52 Å². The van der Waals surface area contributed by atoms with Gasteiger partial charge in [0.05, 0.1) is 5.52 Å². The molecule has 0 aliphatic carbocycles. The predicted molar refractivity (Wildman–Crippen MR) is 57.5 cm³/mol. The van der Waals surface area contributed by atoms with Crippen molar-refractivity contribution in [1.82, 2.24) is 14.7 Å². The second-order valence-corrected chi connectivity index (χ2v) is 4.08. The molecule has 0 atom stereocenters. The van der Waals surface area contributed by atoms with Crippen molar-refractivity contribution in [1.29, 1.82) is 0 Å². The maximum atomic E-state index is 9.78. The molecule has 3 rings (SSSR count). The first-order valence-corrected chi connectivity index (χ1v) is 5.21. The quantitative estimate of drug-likeness (QED) is 0.768. The van der Waals surface area contributed by atoms with Crippen LogP contribution in [0.5, 0.6) is 5.88 Å². The van der Waals surface area contributed by atoms with E-state index in [-0.39, 0.29) is 5.88 Å². The first-order chi connectivity index (χ1) is 7.27. The number of aromatic nitrogens is 2. The molecule has 2 N–H and O–H groups in total. The number of rotatable bonds is 1. The highest BCUT2D eigenvalue weighted by Gasteiger charge is 2.25. The van der Waals surface area contributed by atoms with Gasteiger partial charge in [0.1, 0.15) is 5.82 Å². The fraction of sp³-hybridized carbons (Fsp3) is 0.300. The van der Waals surface area contributed by atoms with E-state index in [2.05, 4.69) is 10.3 Å². The molecule has 1 aliphatic rings. The minimum Gasteiger partial charge on any atom is -0.494 e. The van der Waals surface area contributed by atoms with E-state index in [1.807, 2.05) is 6.07 Å². The summed E-state index contributed by atoms with van der Waals surface area (Å²) in [5.41, 5.74) is 0.763. The minimum atomic E-state index is 0.189. The lowest BCUT2D eigenvalue weighted by molar-refractivity contribution is 0.406. The molecule has 0 saturated carbocycles. The second kappa shape index (κ2) is 3.12. The van der Waals surface area contributed by atoms with Crippen LogP contribution in [-0.2, 0) is 0 Å². The highest BCUT2D eigenvalue weighted by molar-refractivity contribution is 6.32. The molecule has 0 aromatic carbocycles. The second-order valence-electron chi connectivity index (χ2n) is 3.72. The zero-order valence-electron chi connectivity index (χ0n) is 7.94. The Morgan fingerprint density at radius 3 is 2.93 bits per heavy atom. The molecule has 5 heteroatoms. The topological polar surface area (TPSA) is 49.6 Å². The maximum Gasteiger partial charge on any atom is 0.197 e. The molecule has 1 saturated heterocycles. The molecule has 4 nitrogen and oxygen atoms in total. The zero-order chi connectivity index (χ0) is 10.4. The lowest BCUT2D eigenvalue weighted by Gasteiger charge is -2.25. The monoisotopic (exact) mass is 223 g/mol. The van der Waals surface area contributed by atoms with Crippen molar-refractivity contribution < 1.29 is 5.11 Å². The Bertz CT molecular complexity index is 519. The Kier molecular flexibility index (Phi) is 1.87. The van der Waals surface area contributed by atoms with Gasteiger partial charge in [-0.05, 0) is 12.1 Å². The van der Waals surface area contributed by atoms with Crippen molar-refractivity contribution in [3.63, 3.8) is 0 Å². The first kappa shape index (κ1) is 9.00. The summed E-state index contributed by atoms with van der Waals surface area (Å²) >= 11 is 6.01. The third-order valence-corrected chi connectivity index (χ3v) is 3.05. The van der Waals surface area contributed by atoms with Gasteiger partial charge in [-0.1, -0.05) is 17.7 Å². The smallest absolute Gasteiger partial charge is 0.197 e. The molecular formula is C10H10ClN3O. The summed E-state index contributed by atoms with van der Waals surface area (Å²) in [6.45, 7) is 1.79. The maximum absolute atomic E-state index is 9.78. The van der Waals surface area contributed by atoms with Crippen LogP contribution in [0, 0.1) is 0 Å². The number of pyridine rings is 1. The Labute approximate surface area is 91.5 Å². The Morgan fingerprint density at radius 2 is 2.27 bits per heavy atom. The summed E-state index contributed by atoms with van der Waals surface area (Å²) in [7, 11) is 0. The summed E-state index contributed by atoms with van der Waals surface area (Å²) in [6.07, 6.45) is 0. The molecular weight excluding hydrogens is 214 g/mol. The lowest BCUT2D eigenvalue weighted by Crippen LogP contribution is -2.40. The fourth-order valence-corrected chi connectivity index (χ4v) is 2.09. The van der Waals surface area contributed by atoms with E-state index in [0.29, 0.717) is 11.1 Å². The van der Waals surface area contributed by atoms with Crippen molar-refractivity contribution in [3.8, 4) is 5.88 Å². The largest absolute Gasteiger partial charge is 0.494 e. The first-order valence-electron chi connectivity index (χ1n) is 4.84. The number of imidazole rings is 1. The number of aromatic hydroxyl groups is 1. The molecule has 0 unspecified atom stereocenters. The molecule has 15 heavy (non-hydrogen) atoms. The van der Waals surface area contributed by atoms with E-state index in [4.69, 9.17) is 11.6 Å². The summed E-state index contributed by atoms with van der Waals surface area (Å²) < 4.78 is 1.72. The van der Waals surface area contributed by atoms with E-state index in [1.165, 1.54) is 0 Å². The number of hydrogen-bond acceptors (Lipinski definition) is 3. The van der Waals surface area contributed by atoms with Gasteiger partial charge in [0.15, 0.2) is 11.0 Å². The number of fused-ring (bicyclic) bond motifs is 1. The molecule has 78 valence electrons. The van der Waals surface area contributed by atoms with Gasteiger partial charge in [-0.25, -0.2) is 4.98 Å². The fourth-order valence-electron chi connectivity index (χ4n) is 1.85. The average Bonchev–Trinajstić information content (AvgIpc) is 2.43. The van der Waals surface area contributed by atoms with E-state index >= 15 is 0 Å². The molecule has 0 radical (unpaired) electrons. The number of nitrogens with zero attached hydrogens (tertiary/aromatic N) is 2. The molecule has 0 bridgehead atoms. The van der Waals surface area contributed by atoms with Gasteiger partial charge in [0.2, 0.25) is 0 Å². The average molecular weight is 224 g/mol. The lowest BCUT2D eigenvalue weighted by atomic mass is 10.0. The van der Waals surface area contributed by atoms with Crippen molar-refractivity contribution in [3.05, 3.63) is 29.2 Å². The summed E-state index contributed by atoms with van der Waals surface area (Å²) in [4.78, 5) is 4.30. The molecule has 1 fully saturated rings. The summed E-state index contributed by atoms with van der Waals surface area (Å²) in [6, 6.07) is 5.26. The van der Waals surface area contributed by atoms with Crippen LogP contribution in [0.1, 0.15) is 11.7 Å². The van der Waals surface area contributed by atoms with Crippen LogP contribution in [0.4, 0.5) is 0 Å². The standard InChI is InChI=1S/C10H10ClN3O/c11-9-7-2-1-3-8(15)14(7)10(13-9)6-4-12-5-6/h1-3,6,12,15H,4-5H2. The van der Waals surface area contributed by atoms with Gasteiger partial charge in [0, 0.05) is 19.0 Å². The van der Waals surface area contributed by atoms with Crippen molar-refractivity contribution in [2.24, 2.45) is 0 Å². The molecule has 0 spiro atoms. The molecule has 1 aliphatic heterocycles. The summed E-state index contributed by atoms with van der Waals surface area (Å²) in [5.74, 6) is 1.37. The minimum absolute atomic E-state index is 0.189. The van der Waals surface area contributed by atoms with E-state index in [1.54, 1.807) is 16.5 Å².